The van der Waals surface area contributed by atoms with Gasteiger partial charge in [0.2, 0.25) is 0 Å². The van der Waals surface area contributed by atoms with E-state index in [9.17, 15) is 4.79 Å². The summed E-state index contributed by atoms with van der Waals surface area (Å²) in [5.74, 6) is 2.57. The summed E-state index contributed by atoms with van der Waals surface area (Å²) in [6.45, 7) is 5.19. The predicted octanol–water partition coefficient (Wildman–Crippen LogP) is 2.83. The minimum atomic E-state index is -0.191. The first-order valence-electron chi connectivity index (χ1n) is 6.78. The summed E-state index contributed by atoms with van der Waals surface area (Å²) in [6.07, 6.45) is 3.47. The number of esters is 1. The van der Waals surface area contributed by atoms with Gasteiger partial charge in [-0.15, -0.1) is 0 Å². The van der Waals surface area contributed by atoms with Gasteiger partial charge in [0.25, 0.3) is 0 Å². The van der Waals surface area contributed by atoms with Crippen molar-refractivity contribution in [2.45, 2.75) is 38.5 Å². The Morgan fingerprint density at radius 2 is 2.37 bits per heavy atom. The van der Waals surface area contributed by atoms with Gasteiger partial charge >= 0.3 is 5.97 Å². The zero-order valence-corrected chi connectivity index (χ0v) is 12.5. The molecule has 4 nitrogen and oxygen atoms in total. The number of thioether (sulfide) groups is 1. The lowest BCUT2D eigenvalue weighted by Gasteiger charge is -2.16. The van der Waals surface area contributed by atoms with Crippen molar-refractivity contribution in [3.63, 3.8) is 0 Å². The molecule has 0 bridgehead atoms. The molecule has 0 aliphatic rings. The Morgan fingerprint density at radius 1 is 1.53 bits per heavy atom. The summed E-state index contributed by atoms with van der Waals surface area (Å²) in [5, 5.41) is 3.24. The van der Waals surface area contributed by atoms with E-state index in [1.165, 1.54) is 0 Å². The number of rotatable bonds is 10. The topological polar surface area (TPSA) is 51.5 Å². The van der Waals surface area contributed by atoms with Crippen molar-refractivity contribution >= 4 is 17.7 Å². The maximum Gasteiger partial charge on any atom is 0.323 e. The van der Waals surface area contributed by atoms with E-state index in [0.717, 1.165) is 36.7 Å². The SMILES string of the molecule is CCCNC(CCSCc1ccco1)C(=O)OCC. The van der Waals surface area contributed by atoms with Crippen LogP contribution in [0.1, 0.15) is 32.4 Å². The van der Waals surface area contributed by atoms with Gasteiger partial charge in [0, 0.05) is 0 Å². The lowest BCUT2D eigenvalue weighted by atomic mass is 10.2. The van der Waals surface area contributed by atoms with Crippen LogP contribution in [0.15, 0.2) is 22.8 Å². The summed E-state index contributed by atoms with van der Waals surface area (Å²) in [4.78, 5) is 11.8. The molecule has 1 aromatic rings. The molecule has 0 saturated heterocycles. The first-order chi connectivity index (χ1) is 9.27. The van der Waals surface area contributed by atoms with E-state index in [2.05, 4.69) is 12.2 Å². The normalized spacial score (nSPS) is 12.3. The van der Waals surface area contributed by atoms with Crippen LogP contribution in [-0.4, -0.2) is 30.9 Å². The van der Waals surface area contributed by atoms with Gasteiger partial charge < -0.3 is 14.5 Å². The quantitative estimate of drug-likeness (QED) is 0.529. The van der Waals surface area contributed by atoms with E-state index in [0.29, 0.717) is 6.61 Å². The maximum atomic E-state index is 11.8. The fraction of sp³-hybridized carbons (Fsp3) is 0.643. The van der Waals surface area contributed by atoms with Crippen molar-refractivity contribution in [2.75, 3.05) is 18.9 Å². The Bertz CT molecular complexity index is 340. The number of nitrogens with one attached hydrogen (secondary N) is 1. The Kier molecular flexibility index (Phi) is 8.41. The van der Waals surface area contributed by atoms with Gasteiger partial charge in [-0.25, -0.2) is 0 Å². The van der Waals surface area contributed by atoms with Crippen molar-refractivity contribution in [3.8, 4) is 0 Å². The van der Waals surface area contributed by atoms with Crippen LogP contribution >= 0.6 is 11.8 Å². The van der Waals surface area contributed by atoms with Crippen molar-refractivity contribution in [2.24, 2.45) is 0 Å². The van der Waals surface area contributed by atoms with Gasteiger partial charge in [-0.2, -0.15) is 11.8 Å². The third-order valence-corrected chi connectivity index (χ3v) is 3.60. The van der Waals surface area contributed by atoms with Crippen LogP contribution in [0.2, 0.25) is 0 Å². The molecule has 0 fully saturated rings. The average Bonchev–Trinajstić information content (AvgIpc) is 2.91. The smallest absolute Gasteiger partial charge is 0.323 e. The van der Waals surface area contributed by atoms with Gasteiger partial charge in [-0.1, -0.05) is 6.92 Å². The number of hydrogen-bond acceptors (Lipinski definition) is 5. The molecule has 0 aromatic carbocycles. The third-order valence-electron chi connectivity index (χ3n) is 2.59. The molecule has 0 aliphatic heterocycles. The maximum absolute atomic E-state index is 11.8. The van der Waals surface area contributed by atoms with Crippen LogP contribution in [0.3, 0.4) is 0 Å². The highest BCUT2D eigenvalue weighted by molar-refractivity contribution is 7.98. The molecule has 1 rings (SSSR count). The number of carbonyl (C=O) groups is 1. The molecule has 1 N–H and O–H groups in total. The highest BCUT2D eigenvalue weighted by Crippen LogP contribution is 2.14. The molecule has 5 heteroatoms. The molecule has 1 atom stereocenters. The van der Waals surface area contributed by atoms with Crippen LogP contribution in [0.4, 0.5) is 0 Å². The molecule has 1 heterocycles. The Hall–Kier alpha value is -0.940. The van der Waals surface area contributed by atoms with Crippen LogP contribution in [0.5, 0.6) is 0 Å². The summed E-state index contributed by atoms with van der Waals surface area (Å²) < 4.78 is 10.3. The zero-order chi connectivity index (χ0) is 13.9. The fourth-order valence-corrected chi connectivity index (χ4v) is 2.55. The summed E-state index contributed by atoms with van der Waals surface area (Å²) in [7, 11) is 0. The van der Waals surface area contributed by atoms with E-state index < -0.39 is 0 Å². The summed E-state index contributed by atoms with van der Waals surface area (Å²) in [5.41, 5.74) is 0. The van der Waals surface area contributed by atoms with Crippen molar-refractivity contribution in [1.82, 2.24) is 5.32 Å². The lowest BCUT2D eigenvalue weighted by Crippen LogP contribution is -2.39. The van der Waals surface area contributed by atoms with Crippen molar-refractivity contribution in [1.29, 1.82) is 0 Å². The largest absolute Gasteiger partial charge is 0.468 e. The van der Waals surface area contributed by atoms with E-state index in [4.69, 9.17) is 9.15 Å². The predicted molar refractivity (Wildman–Crippen MR) is 78.2 cm³/mol. The molecule has 0 amide bonds. The minimum Gasteiger partial charge on any atom is -0.468 e. The number of ether oxygens (including phenoxy) is 1. The summed E-state index contributed by atoms with van der Waals surface area (Å²) in [6, 6.07) is 3.66. The Balaban J connectivity index is 2.24. The Morgan fingerprint density at radius 3 is 3.00 bits per heavy atom. The molecular weight excluding hydrogens is 262 g/mol. The zero-order valence-electron chi connectivity index (χ0n) is 11.7. The molecule has 0 radical (unpaired) electrons. The standard InChI is InChI=1S/C14H23NO3S/c1-3-8-15-13(14(16)17-4-2)7-10-19-11-12-6-5-9-18-12/h5-6,9,13,15H,3-4,7-8,10-11H2,1-2H3. The fourth-order valence-electron chi connectivity index (χ4n) is 1.63. The second-order valence-corrected chi connectivity index (χ2v) is 5.28. The van der Waals surface area contributed by atoms with Gasteiger partial charge in [0.05, 0.1) is 18.6 Å². The minimum absolute atomic E-state index is 0.144. The summed E-state index contributed by atoms with van der Waals surface area (Å²) >= 11 is 1.77. The highest BCUT2D eigenvalue weighted by Gasteiger charge is 2.18. The molecule has 0 spiro atoms. The van der Waals surface area contributed by atoms with E-state index in [1.54, 1.807) is 18.0 Å². The van der Waals surface area contributed by atoms with Crippen LogP contribution in [0.25, 0.3) is 0 Å². The Labute approximate surface area is 119 Å². The van der Waals surface area contributed by atoms with Crippen molar-refractivity contribution < 1.29 is 13.9 Å². The van der Waals surface area contributed by atoms with Crippen LogP contribution < -0.4 is 5.32 Å². The average molecular weight is 285 g/mol. The number of furan rings is 1. The van der Waals surface area contributed by atoms with Crippen LogP contribution in [0, 0.1) is 0 Å². The first kappa shape index (κ1) is 16.1. The van der Waals surface area contributed by atoms with Gasteiger partial charge in [-0.3, -0.25) is 4.79 Å². The molecule has 108 valence electrons. The molecule has 1 unspecified atom stereocenters. The molecule has 19 heavy (non-hydrogen) atoms. The highest BCUT2D eigenvalue weighted by atomic mass is 32.2. The monoisotopic (exact) mass is 285 g/mol. The number of hydrogen-bond donors (Lipinski definition) is 1. The molecule has 0 saturated carbocycles. The van der Waals surface area contributed by atoms with E-state index in [-0.39, 0.29) is 12.0 Å². The lowest BCUT2D eigenvalue weighted by molar-refractivity contribution is -0.145. The third kappa shape index (κ3) is 6.68. The van der Waals surface area contributed by atoms with E-state index in [1.807, 2.05) is 19.1 Å². The van der Waals surface area contributed by atoms with Gasteiger partial charge in [0.15, 0.2) is 0 Å². The van der Waals surface area contributed by atoms with Crippen LogP contribution in [-0.2, 0) is 15.3 Å². The second kappa shape index (κ2) is 9.92. The first-order valence-corrected chi connectivity index (χ1v) is 7.93. The van der Waals surface area contributed by atoms with Gasteiger partial charge in [0.1, 0.15) is 11.8 Å². The molecule has 1 aromatic heterocycles. The number of carbonyl (C=O) groups excluding carboxylic acids is 1. The molecular formula is C14H23NO3S. The second-order valence-electron chi connectivity index (χ2n) is 4.18. The van der Waals surface area contributed by atoms with E-state index >= 15 is 0 Å². The van der Waals surface area contributed by atoms with Crippen molar-refractivity contribution in [3.05, 3.63) is 24.2 Å². The molecule has 0 aliphatic carbocycles. The van der Waals surface area contributed by atoms with Gasteiger partial charge in [-0.05, 0) is 44.2 Å².